The van der Waals surface area contributed by atoms with Gasteiger partial charge in [-0.05, 0) is 55.5 Å². The molecule has 3 aromatic rings. The predicted molar refractivity (Wildman–Crippen MR) is 118 cm³/mol. The second-order valence-electron chi connectivity index (χ2n) is 7.93. The largest absolute Gasteiger partial charge is 0.497 e. The Labute approximate surface area is 171 Å². The van der Waals surface area contributed by atoms with E-state index < -0.39 is 0 Å². The number of anilines is 2. The smallest absolute Gasteiger partial charge is 0.224 e. The lowest BCUT2D eigenvalue weighted by molar-refractivity contribution is 0.352. The van der Waals surface area contributed by atoms with Crippen LogP contribution < -0.4 is 20.3 Å². The van der Waals surface area contributed by atoms with Gasteiger partial charge in [-0.2, -0.15) is 4.98 Å². The molecule has 0 amide bonds. The van der Waals surface area contributed by atoms with Gasteiger partial charge >= 0.3 is 0 Å². The van der Waals surface area contributed by atoms with Crippen LogP contribution in [-0.2, 0) is 6.54 Å². The van der Waals surface area contributed by atoms with E-state index in [2.05, 4.69) is 43.9 Å². The van der Waals surface area contributed by atoms with Crippen LogP contribution >= 0.6 is 0 Å². The van der Waals surface area contributed by atoms with Crippen LogP contribution in [0, 0.1) is 0 Å². The van der Waals surface area contributed by atoms with E-state index in [9.17, 15) is 0 Å². The van der Waals surface area contributed by atoms with E-state index in [1.165, 1.54) is 10.9 Å². The van der Waals surface area contributed by atoms with Gasteiger partial charge < -0.3 is 25.3 Å². The Kier molecular flexibility index (Phi) is 5.85. The van der Waals surface area contributed by atoms with Gasteiger partial charge in [-0.3, -0.25) is 0 Å². The molecule has 0 bridgehead atoms. The van der Waals surface area contributed by atoms with Gasteiger partial charge in [0.1, 0.15) is 11.6 Å². The standard InChI is InChI=1S/C22H30N6O/c1-28(2)21-10-11-23-22(27-21)26-17-6-4-16(5-7-17)24-13-15-14-25-20-9-8-18(29-3)12-19(15)20/h8-12,14,16-17,24-25H,4-7,13H2,1-3H3,(H,23,26,27). The van der Waals surface area contributed by atoms with Crippen LogP contribution in [0.15, 0.2) is 36.7 Å². The number of hydrogen-bond donors (Lipinski definition) is 3. The number of aromatic amines is 1. The van der Waals surface area contributed by atoms with E-state index in [4.69, 9.17) is 4.74 Å². The molecule has 3 N–H and O–H groups in total. The zero-order valence-corrected chi connectivity index (χ0v) is 17.4. The van der Waals surface area contributed by atoms with E-state index in [-0.39, 0.29) is 0 Å². The maximum atomic E-state index is 5.37. The second-order valence-corrected chi connectivity index (χ2v) is 7.93. The molecule has 1 fully saturated rings. The molecule has 1 saturated carbocycles. The molecule has 0 radical (unpaired) electrons. The van der Waals surface area contributed by atoms with E-state index >= 15 is 0 Å². The summed E-state index contributed by atoms with van der Waals surface area (Å²) in [4.78, 5) is 14.3. The monoisotopic (exact) mass is 394 g/mol. The Morgan fingerprint density at radius 2 is 1.93 bits per heavy atom. The number of benzene rings is 1. The van der Waals surface area contributed by atoms with Gasteiger partial charge in [-0.1, -0.05) is 0 Å². The second kappa shape index (κ2) is 8.69. The van der Waals surface area contributed by atoms with Crippen molar-refractivity contribution >= 4 is 22.7 Å². The van der Waals surface area contributed by atoms with Gasteiger partial charge in [0.05, 0.1) is 7.11 Å². The van der Waals surface area contributed by atoms with Gasteiger partial charge in [0.15, 0.2) is 0 Å². The number of aromatic nitrogens is 3. The van der Waals surface area contributed by atoms with Crippen molar-refractivity contribution in [2.24, 2.45) is 0 Å². The lowest BCUT2D eigenvalue weighted by Crippen LogP contribution is -2.36. The number of fused-ring (bicyclic) bond motifs is 1. The number of methoxy groups -OCH3 is 1. The van der Waals surface area contributed by atoms with Crippen LogP contribution in [0.25, 0.3) is 10.9 Å². The molecular weight excluding hydrogens is 364 g/mol. The molecule has 7 heteroatoms. The third-order valence-corrected chi connectivity index (χ3v) is 5.72. The highest BCUT2D eigenvalue weighted by molar-refractivity contribution is 5.84. The van der Waals surface area contributed by atoms with Crippen LogP contribution in [0.1, 0.15) is 31.2 Å². The Bertz CT molecular complexity index is 945. The highest BCUT2D eigenvalue weighted by atomic mass is 16.5. The molecule has 4 rings (SSSR count). The Balaban J connectivity index is 1.29. The quantitative estimate of drug-likeness (QED) is 0.569. The molecule has 2 aromatic heterocycles. The highest BCUT2D eigenvalue weighted by Gasteiger charge is 2.21. The molecule has 0 saturated heterocycles. The van der Waals surface area contributed by atoms with Gasteiger partial charge in [0.2, 0.25) is 5.95 Å². The molecule has 0 aliphatic heterocycles. The fourth-order valence-corrected chi connectivity index (χ4v) is 3.98. The van der Waals surface area contributed by atoms with Crippen molar-refractivity contribution in [2.45, 2.75) is 44.3 Å². The molecular formula is C22H30N6O. The number of nitrogens with one attached hydrogen (secondary N) is 3. The molecule has 1 aromatic carbocycles. The lowest BCUT2D eigenvalue weighted by Gasteiger charge is -2.30. The minimum atomic E-state index is 0.433. The normalized spacial score (nSPS) is 19.3. The SMILES string of the molecule is COc1ccc2[nH]cc(CNC3CCC(Nc4nccc(N(C)C)n4)CC3)c2c1. The van der Waals surface area contributed by atoms with Crippen LogP contribution in [0.3, 0.4) is 0 Å². The third kappa shape index (κ3) is 4.62. The first-order valence-corrected chi connectivity index (χ1v) is 10.3. The number of hydrogen-bond acceptors (Lipinski definition) is 6. The summed E-state index contributed by atoms with van der Waals surface area (Å²) in [5.41, 5.74) is 2.43. The maximum Gasteiger partial charge on any atom is 0.224 e. The van der Waals surface area contributed by atoms with E-state index in [1.807, 2.05) is 37.3 Å². The van der Waals surface area contributed by atoms with Crippen LogP contribution in [-0.4, -0.2) is 48.2 Å². The predicted octanol–water partition coefficient (Wildman–Crippen LogP) is 3.55. The Hall–Kier alpha value is -2.80. The lowest BCUT2D eigenvalue weighted by atomic mass is 9.91. The summed E-state index contributed by atoms with van der Waals surface area (Å²) in [6.07, 6.45) is 8.45. The molecule has 0 unspecified atom stereocenters. The molecule has 154 valence electrons. The first-order chi connectivity index (χ1) is 14.1. The van der Waals surface area contributed by atoms with E-state index in [0.29, 0.717) is 12.1 Å². The summed E-state index contributed by atoms with van der Waals surface area (Å²) in [6.45, 7) is 0.865. The van der Waals surface area contributed by atoms with E-state index in [0.717, 1.165) is 55.3 Å². The fraction of sp³-hybridized carbons (Fsp3) is 0.455. The maximum absolute atomic E-state index is 5.37. The molecule has 0 spiro atoms. The van der Waals surface area contributed by atoms with Crippen LogP contribution in [0.4, 0.5) is 11.8 Å². The van der Waals surface area contributed by atoms with Gasteiger partial charge in [0, 0.05) is 56.0 Å². The van der Waals surface area contributed by atoms with Gasteiger partial charge in [-0.25, -0.2) is 4.98 Å². The van der Waals surface area contributed by atoms with Gasteiger partial charge in [0.25, 0.3) is 0 Å². The molecule has 0 atom stereocenters. The highest BCUT2D eigenvalue weighted by Crippen LogP contribution is 2.25. The molecule has 1 aliphatic carbocycles. The van der Waals surface area contributed by atoms with Crippen molar-refractivity contribution in [2.75, 3.05) is 31.4 Å². The minimum absolute atomic E-state index is 0.433. The zero-order valence-electron chi connectivity index (χ0n) is 17.4. The first kappa shape index (κ1) is 19.5. The molecule has 2 heterocycles. The minimum Gasteiger partial charge on any atom is -0.497 e. The summed E-state index contributed by atoms with van der Waals surface area (Å²) in [7, 11) is 5.69. The zero-order chi connectivity index (χ0) is 20.2. The Morgan fingerprint density at radius 1 is 1.14 bits per heavy atom. The summed E-state index contributed by atoms with van der Waals surface area (Å²) < 4.78 is 5.37. The van der Waals surface area contributed by atoms with Crippen molar-refractivity contribution in [1.29, 1.82) is 0 Å². The van der Waals surface area contributed by atoms with Crippen LogP contribution in [0.2, 0.25) is 0 Å². The summed E-state index contributed by atoms with van der Waals surface area (Å²) in [5, 5.41) is 8.47. The van der Waals surface area contributed by atoms with E-state index in [1.54, 1.807) is 7.11 Å². The van der Waals surface area contributed by atoms with Crippen molar-refractivity contribution in [3.63, 3.8) is 0 Å². The summed E-state index contributed by atoms with van der Waals surface area (Å²) in [6, 6.07) is 9.06. The number of ether oxygens (including phenoxy) is 1. The van der Waals surface area contributed by atoms with Crippen molar-refractivity contribution < 1.29 is 4.74 Å². The Morgan fingerprint density at radius 3 is 2.69 bits per heavy atom. The average molecular weight is 395 g/mol. The van der Waals surface area contributed by atoms with Crippen LogP contribution in [0.5, 0.6) is 5.75 Å². The van der Waals surface area contributed by atoms with Crippen molar-refractivity contribution in [3.05, 3.63) is 42.2 Å². The summed E-state index contributed by atoms with van der Waals surface area (Å²) in [5.74, 6) is 2.54. The van der Waals surface area contributed by atoms with Gasteiger partial charge in [-0.15, -0.1) is 0 Å². The molecule has 29 heavy (non-hydrogen) atoms. The summed E-state index contributed by atoms with van der Waals surface area (Å²) >= 11 is 0. The molecule has 7 nitrogen and oxygen atoms in total. The van der Waals surface area contributed by atoms with Crippen molar-refractivity contribution in [3.8, 4) is 5.75 Å². The average Bonchev–Trinajstić information content (AvgIpc) is 3.15. The molecule has 1 aliphatic rings. The number of nitrogens with zero attached hydrogens (tertiary/aromatic N) is 3. The fourth-order valence-electron chi connectivity index (χ4n) is 3.98. The third-order valence-electron chi connectivity index (χ3n) is 5.72. The topological polar surface area (TPSA) is 78.1 Å². The number of H-pyrrole nitrogens is 1. The first-order valence-electron chi connectivity index (χ1n) is 10.3. The van der Waals surface area contributed by atoms with Crippen molar-refractivity contribution in [1.82, 2.24) is 20.3 Å². The number of rotatable bonds is 7.